The number of aryl methyl sites for hydroxylation is 1. The Kier molecular flexibility index (Phi) is 3.37. The van der Waals surface area contributed by atoms with Gasteiger partial charge in [-0.3, -0.25) is 0 Å². The van der Waals surface area contributed by atoms with Gasteiger partial charge >= 0.3 is 0 Å². The average Bonchev–Trinajstić information content (AvgIpc) is 2.90. The second kappa shape index (κ2) is 4.89. The number of likely N-dealkylation sites (tertiary alicyclic amines) is 1. The van der Waals surface area contributed by atoms with E-state index in [2.05, 4.69) is 23.0 Å². The largest absolute Gasteiger partial charge is 0.380 e. The summed E-state index contributed by atoms with van der Waals surface area (Å²) >= 11 is 0. The second-order valence-corrected chi connectivity index (χ2v) is 6.27. The van der Waals surface area contributed by atoms with E-state index in [-0.39, 0.29) is 6.04 Å². The van der Waals surface area contributed by atoms with E-state index in [0.717, 1.165) is 38.5 Å². The maximum absolute atomic E-state index is 6.31. The molecule has 0 spiro atoms. The molecular weight excluding hydrogens is 240 g/mol. The maximum Gasteiger partial charge on any atom is 0.0946 e. The first-order chi connectivity index (χ1) is 9.12. The van der Waals surface area contributed by atoms with E-state index in [0.29, 0.717) is 11.3 Å². The third kappa shape index (κ3) is 2.42. The molecule has 2 N–H and O–H groups in total. The van der Waals surface area contributed by atoms with Crippen LogP contribution in [0.1, 0.15) is 25.0 Å². The number of hydrogen-bond acceptors (Lipinski definition) is 4. The SMILES string of the molecule is CCC1(CN2C[C@@H](N)[C@H](c3cn(C)cn3)C2)COC1. The molecule has 0 amide bonds. The smallest absolute Gasteiger partial charge is 0.0946 e. The van der Waals surface area contributed by atoms with Gasteiger partial charge in [0.05, 0.1) is 25.2 Å². The lowest BCUT2D eigenvalue weighted by molar-refractivity contribution is -0.126. The molecule has 2 aliphatic rings. The van der Waals surface area contributed by atoms with Crippen LogP contribution in [0.25, 0.3) is 0 Å². The first kappa shape index (κ1) is 13.1. The molecular formula is C14H24N4O. The van der Waals surface area contributed by atoms with Crippen LogP contribution < -0.4 is 5.73 Å². The van der Waals surface area contributed by atoms with Crippen molar-refractivity contribution in [1.82, 2.24) is 14.5 Å². The Hall–Kier alpha value is -0.910. The minimum atomic E-state index is 0.199. The molecule has 0 saturated carbocycles. The summed E-state index contributed by atoms with van der Waals surface area (Å²) in [5, 5.41) is 0. The lowest BCUT2D eigenvalue weighted by Crippen LogP contribution is -2.50. The van der Waals surface area contributed by atoms with Gasteiger partial charge in [0.1, 0.15) is 0 Å². The van der Waals surface area contributed by atoms with Crippen molar-refractivity contribution in [2.24, 2.45) is 18.2 Å². The van der Waals surface area contributed by atoms with Crippen LogP contribution >= 0.6 is 0 Å². The maximum atomic E-state index is 6.31. The van der Waals surface area contributed by atoms with Crippen LogP contribution in [0.4, 0.5) is 0 Å². The Morgan fingerprint density at radius 3 is 2.79 bits per heavy atom. The van der Waals surface area contributed by atoms with Crippen LogP contribution in [0, 0.1) is 5.41 Å². The monoisotopic (exact) mass is 264 g/mol. The van der Waals surface area contributed by atoms with Gasteiger partial charge in [-0.1, -0.05) is 6.92 Å². The predicted molar refractivity (Wildman–Crippen MR) is 73.9 cm³/mol. The molecule has 3 rings (SSSR count). The van der Waals surface area contributed by atoms with Gasteiger partial charge in [-0.05, 0) is 6.42 Å². The summed E-state index contributed by atoms with van der Waals surface area (Å²) in [7, 11) is 2.01. The van der Waals surface area contributed by atoms with E-state index in [1.807, 2.05) is 17.9 Å². The Morgan fingerprint density at radius 2 is 2.26 bits per heavy atom. The van der Waals surface area contributed by atoms with Crippen molar-refractivity contribution in [3.63, 3.8) is 0 Å². The van der Waals surface area contributed by atoms with Gasteiger partial charge in [-0.2, -0.15) is 0 Å². The number of nitrogens with two attached hydrogens (primary N) is 1. The first-order valence-corrected chi connectivity index (χ1v) is 7.15. The topological polar surface area (TPSA) is 56.3 Å². The first-order valence-electron chi connectivity index (χ1n) is 7.15. The van der Waals surface area contributed by atoms with Gasteiger partial charge in [-0.25, -0.2) is 4.98 Å². The minimum Gasteiger partial charge on any atom is -0.380 e. The fraction of sp³-hybridized carbons (Fsp3) is 0.786. The molecule has 0 aliphatic carbocycles. The molecule has 1 aromatic rings. The molecule has 3 heterocycles. The van der Waals surface area contributed by atoms with Crippen LogP contribution in [0.3, 0.4) is 0 Å². The number of hydrogen-bond donors (Lipinski definition) is 1. The van der Waals surface area contributed by atoms with E-state index in [4.69, 9.17) is 10.5 Å². The summed E-state index contributed by atoms with van der Waals surface area (Å²) in [5.41, 5.74) is 7.81. The number of aromatic nitrogens is 2. The Balaban J connectivity index is 1.65. The average molecular weight is 264 g/mol. The highest BCUT2D eigenvalue weighted by Gasteiger charge is 2.42. The molecule has 2 fully saturated rings. The lowest BCUT2D eigenvalue weighted by atomic mass is 9.82. The van der Waals surface area contributed by atoms with Gasteiger partial charge in [0, 0.05) is 50.3 Å². The number of ether oxygens (including phenoxy) is 1. The molecule has 2 atom stereocenters. The molecule has 0 unspecified atom stereocenters. The highest BCUT2D eigenvalue weighted by molar-refractivity contribution is 5.13. The van der Waals surface area contributed by atoms with E-state index in [9.17, 15) is 0 Å². The molecule has 0 aromatic carbocycles. The number of imidazole rings is 1. The molecule has 0 radical (unpaired) electrons. The molecule has 19 heavy (non-hydrogen) atoms. The highest BCUT2D eigenvalue weighted by atomic mass is 16.5. The van der Waals surface area contributed by atoms with Gasteiger partial charge in [0.2, 0.25) is 0 Å². The fourth-order valence-corrected chi connectivity index (χ4v) is 3.25. The standard InChI is InChI=1S/C14H24N4O/c1-3-14(8-19-9-14)7-18-4-11(12(15)5-18)13-6-17(2)10-16-13/h6,10-12H,3-5,7-9,15H2,1-2H3/t11-,12-/m1/s1. The highest BCUT2D eigenvalue weighted by Crippen LogP contribution is 2.35. The van der Waals surface area contributed by atoms with Crippen LogP contribution in [-0.2, 0) is 11.8 Å². The zero-order valence-electron chi connectivity index (χ0n) is 11.9. The normalized spacial score (nSPS) is 30.5. The summed E-state index contributed by atoms with van der Waals surface area (Å²) in [4.78, 5) is 6.96. The van der Waals surface area contributed by atoms with Crippen molar-refractivity contribution in [3.8, 4) is 0 Å². The van der Waals surface area contributed by atoms with Crippen LogP contribution in [0.2, 0.25) is 0 Å². The quantitative estimate of drug-likeness (QED) is 0.864. The van der Waals surface area contributed by atoms with Crippen LogP contribution in [-0.4, -0.2) is 53.3 Å². The lowest BCUT2D eigenvalue weighted by Gasteiger charge is -2.43. The summed E-state index contributed by atoms with van der Waals surface area (Å²) in [5.74, 6) is 0.371. The molecule has 106 valence electrons. The van der Waals surface area contributed by atoms with Gasteiger partial charge in [-0.15, -0.1) is 0 Å². The Morgan fingerprint density at radius 1 is 1.47 bits per heavy atom. The third-order valence-corrected chi connectivity index (χ3v) is 4.67. The van der Waals surface area contributed by atoms with Gasteiger partial charge in [0.25, 0.3) is 0 Å². The zero-order chi connectivity index (χ0) is 13.5. The van der Waals surface area contributed by atoms with Crippen molar-refractivity contribution in [2.75, 3.05) is 32.8 Å². The molecule has 1 aromatic heterocycles. The van der Waals surface area contributed by atoms with E-state index in [1.54, 1.807) is 0 Å². The van der Waals surface area contributed by atoms with Gasteiger partial charge < -0.3 is 19.9 Å². The van der Waals surface area contributed by atoms with E-state index < -0.39 is 0 Å². The molecule has 0 bridgehead atoms. The van der Waals surface area contributed by atoms with Crippen molar-refractivity contribution in [2.45, 2.75) is 25.3 Å². The van der Waals surface area contributed by atoms with E-state index in [1.165, 1.54) is 6.42 Å². The molecule has 5 heteroatoms. The van der Waals surface area contributed by atoms with Crippen molar-refractivity contribution >= 4 is 0 Å². The summed E-state index contributed by atoms with van der Waals surface area (Å²) in [6, 6.07) is 0.199. The van der Waals surface area contributed by atoms with Crippen molar-refractivity contribution in [3.05, 3.63) is 18.2 Å². The fourth-order valence-electron chi connectivity index (χ4n) is 3.25. The Bertz CT molecular complexity index is 435. The molecule has 2 saturated heterocycles. The third-order valence-electron chi connectivity index (χ3n) is 4.67. The molecule has 5 nitrogen and oxygen atoms in total. The second-order valence-electron chi connectivity index (χ2n) is 6.27. The predicted octanol–water partition coefficient (Wildman–Crippen LogP) is 0.573. The zero-order valence-corrected chi connectivity index (χ0v) is 11.9. The van der Waals surface area contributed by atoms with Crippen molar-refractivity contribution in [1.29, 1.82) is 0 Å². The van der Waals surface area contributed by atoms with E-state index >= 15 is 0 Å². The van der Waals surface area contributed by atoms with Crippen LogP contribution in [0.5, 0.6) is 0 Å². The van der Waals surface area contributed by atoms with Crippen LogP contribution in [0.15, 0.2) is 12.5 Å². The summed E-state index contributed by atoms with van der Waals surface area (Å²) in [6.07, 6.45) is 5.14. The minimum absolute atomic E-state index is 0.199. The van der Waals surface area contributed by atoms with Gasteiger partial charge in [0.15, 0.2) is 0 Å². The molecule has 2 aliphatic heterocycles. The summed E-state index contributed by atoms with van der Waals surface area (Å²) < 4.78 is 7.41. The Labute approximate surface area is 114 Å². The number of nitrogens with zero attached hydrogens (tertiary/aromatic N) is 3. The number of rotatable bonds is 4. The summed E-state index contributed by atoms with van der Waals surface area (Å²) in [6.45, 7) is 7.19. The van der Waals surface area contributed by atoms with Crippen molar-refractivity contribution < 1.29 is 4.74 Å².